The summed E-state index contributed by atoms with van der Waals surface area (Å²) in [7, 11) is 2.93. The van der Waals surface area contributed by atoms with Crippen LogP contribution in [0.5, 0.6) is 5.75 Å². The molecular weight excluding hydrogens is 273 g/mol. The Morgan fingerprint density at radius 2 is 2.11 bits per heavy atom. The number of rotatable bonds is 7. The Kier molecular flexibility index (Phi) is 6.59. The summed E-state index contributed by atoms with van der Waals surface area (Å²) in [4.78, 5) is 13.8. The number of hydrogen-bond donors (Lipinski definition) is 0. The highest BCUT2D eigenvalue weighted by Gasteiger charge is 2.22. The van der Waals surface area contributed by atoms with Crippen LogP contribution in [0.25, 0.3) is 0 Å². The summed E-state index contributed by atoms with van der Waals surface area (Å²) in [5.41, 5.74) is -0.0776. The first-order chi connectivity index (χ1) is 9.15. The summed E-state index contributed by atoms with van der Waals surface area (Å²) in [6, 6.07) is 4.27. The minimum absolute atomic E-state index is 0.0776. The molecule has 1 aromatic rings. The fourth-order valence-electron chi connectivity index (χ4n) is 1.66. The van der Waals surface area contributed by atoms with Crippen LogP contribution in [0.1, 0.15) is 10.4 Å². The van der Waals surface area contributed by atoms with Crippen molar-refractivity contribution in [3.8, 4) is 5.75 Å². The van der Waals surface area contributed by atoms with Gasteiger partial charge in [-0.3, -0.25) is 4.79 Å². The zero-order valence-electron chi connectivity index (χ0n) is 11.0. The van der Waals surface area contributed by atoms with E-state index >= 15 is 0 Å². The average Bonchev–Trinajstić information content (AvgIpc) is 2.42. The van der Waals surface area contributed by atoms with E-state index in [1.165, 1.54) is 31.3 Å². The van der Waals surface area contributed by atoms with Gasteiger partial charge in [-0.1, -0.05) is 6.07 Å². The van der Waals surface area contributed by atoms with Gasteiger partial charge in [-0.2, -0.15) is 0 Å². The average molecular weight is 290 g/mol. The van der Waals surface area contributed by atoms with E-state index in [1.54, 1.807) is 6.07 Å². The second-order valence-corrected chi connectivity index (χ2v) is 4.17. The number of alkyl halides is 1. The van der Waals surface area contributed by atoms with Gasteiger partial charge in [-0.25, -0.2) is 4.39 Å². The molecule has 0 fully saturated rings. The number of carbonyl (C=O) groups is 1. The maximum atomic E-state index is 13.8. The Balaban J connectivity index is 3.01. The fraction of sp³-hybridized carbons (Fsp3) is 0.462. The Bertz CT molecular complexity index is 428. The molecule has 0 spiro atoms. The lowest BCUT2D eigenvalue weighted by Crippen LogP contribution is -2.36. The Hall–Kier alpha value is -1.33. The maximum absolute atomic E-state index is 13.8. The van der Waals surface area contributed by atoms with Crippen LogP contribution in [-0.2, 0) is 4.74 Å². The van der Waals surface area contributed by atoms with Crippen LogP contribution in [0.2, 0.25) is 0 Å². The molecule has 106 valence electrons. The molecule has 1 aromatic carbocycles. The van der Waals surface area contributed by atoms with E-state index in [1.807, 2.05) is 0 Å². The highest BCUT2D eigenvalue weighted by molar-refractivity contribution is 6.18. The van der Waals surface area contributed by atoms with Gasteiger partial charge in [0.05, 0.1) is 13.7 Å². The van der Waals surface area contributed by atoms with Gasteiger partial charge >= 0.3 is 0 Å². The van der Waals surface area contributed by atoms with Crippen molar-refractivity contribution in [2.45, 2.75) is 0 Å². The van der Waals surface area contributed by atoms with Crippen molar-refractivity contribution in [2.75, 3.05) is 39.8 Å². The number of methoxy groups -OCH3 is 2. The van der Waals surface area contributed by atoms with E-state index in [-0.39, 0.29) is 17.2 Å². The van der Waals surface area contributed by atoms with Crippen molar-refractivity contribution in [1.29, 1.82) is 0 Å². The zero-order chi connectivity index (χ0) is 14.3. The smallest absolute Gasteiger partial charge is 0.260 e. The first-order valence-corrected chi connectivity index (χ1v) is 6.35. The predicted molar refractivity (Wildman–Crippen MR) is 71.5 cm³/mol. The van der Waals surface area contributed by atoms with E-state index in [2.05, 4.69) is 0 Å². The van der Waals surface area contributed by atoms with Gasteiger partial charge in [0.2, 0.25) is 0 Å². The quantitative estimate of drug-likeness (QED) is 0.722. The van der Waals surface area contributed by atoms with Crippen LogP contribution < -0.4 is 4.74 Å². The van der Waals surface area contributed by atoms with Gasteiger partial charge in [0, 0.05) is 26.1 Å². The molecule has 0 atom stereocenters. The number of ether oxygens (including phenoxy) is 2. The lowest BCUT2D eigenvalue weighted by atomic mass is 10.1. The van der Waals surface area contributed by atoms with Crippen LogP contribution in [0.4, 0.5) is 4.39 Å². The molecule has 0 heterocycles. The molecule has 0 aromatic heterocycles. The minimum atomic E-state index is -0.610. The molecule has 0 aliphatic heterocycles. The Morgan fingerprint density at radius 3 is 2.68 bits per heavy atom. The molecule has 0 N–H and O–H groups in total. The molecule has 1 amide bonds. The Morgan fingerprint density at radius 1 is 1.37 bits per heavy atom. The second kappa shape index (κ2) is 7.96. The second-order valence-electron chi connectivity index (χ2n) is 3.79. The molecule has 19 heavy (non-hydrogen) atoms. The molecule has 0 unspecified atom stereocenters. The number of carbonyl (C=O) groups excluding carboxylic acids is 1. The third-order valence-corrected chi connectivity index (χ3v) is 2.79. The van der Waals surface area contributed by atoms with Gasteiger partial charge in [0.1, 0.15) is 17.1 Å². The number of amides is 1. The van der Waals surface area contributed by atoms with Crippen molar-refractivity contribution < 1.29 is 18.7 Å². The molecule has 0 bridgehead atoms. The standard InChI is InChI=1S/C13H17ClFNO3/c1-18-9-8-16(7-6-14)13(17)12-10(15)4-3-5-11(12)19-2/h3-5H,6-9H2,1-2H3. The molecule has 1 rings (SSSR count). The van der Waals surface area contributed by atoms with Crippen LogP contribution in [0.3, 0.4) is 0 Å². The van der Waals surface area contributed by atoms with Crippen LogP contribution in [-0.4, -0.2) is 50.6 Å². The van der Waals surface area contributed by atoms with Crippen molar-refractivity contribution in [3.05, 3.63) is 29.6 Å². The molecule has 0 saturated carbocycles. The molecule has 4 nitrogen and oxygen atoms in total. The summed E-state index contributed by atoms with van der Waals surface area (Å²) in [6.45, 7) is 1.03. The zero-order valence-corrected chi connectivity index (χ0v) is 11.7. The minimum Gasteiger partial charge on any atom is -0.496 e. The molecule has 6 heteroatoms. The van der Waals surface area contributed by atoms with E-state index in [4.69, 9.17) is 21.1 Å². The number of hydrogen-bond acceptors (Lipinski definition) is 3. The van der Waals surface area contributed by atoms with Crippen LogP contribution in [0.15, 0.2) is 18.2 Å². The van der Waals surface area contributed by atoms with Crippen molar-refractivity contribution >= 4 is 17.5 Å². The van der Waals surface area contributed by atoms with E-state index in [0.29, 0.717) is 19.7 Å². The number of halogens is 2. The van der Waals surface area contributed by atoms with Crippen molar-refractivity contribution in [1.82, 2.24) is 4.90 Å². The number of nitrogens with zero attached hydrogens (tertiary/aromatic N) is 1. The number of benzene rings is 1. The highest BCUT2D eigenvalue weighted by Crippen LogP contribution is 2.22. The van der Waals surface area contributed by atoms with E-state index in [0.717, 1.165) is 0 Å². The van der Waals surface area contributed by atoms with Gasteiger partial charge < -0.3 is 14.4 Å². The largest absolute Gasteiger partial charge is 0.496 e. The topological polar surface area (TPSA) is 38.8 Å². The summed E-state index contributed by atoms with van der Waals surface area (Å²) < 4.78 is 23.8. The molecular formula is C13H17ClFNO3. The highest BCUT2D eigenvalue weighted by atomic mass is 35.5. The third-order valence-electron chi connectivity index (χ3n) is 2.62. The predicted octanol–water partition coefficient (Wildman–Crippen LogP) is 2.16. The van der Waals surface area contributed by atoms with Gasteiger partial charge in [-0.15, -0.1) is 11.6 Å². The SMILES string of the molecule is COCCN(CCCl)C(=O)c1c(F)cccc1OC. The van der Waals surface area contributed by atoms with Crippen molar-refractivity contribution in [2.24, 2.45) is 0 Å². The summed E-state index contributed by atoms with van der Waals surface area (Å²) in [6.07, 6.45) is 0. The normalized spacial score (nSPS) is 10.3. The maximum Gasteiger partial charge on any atom is 0.260 e. The van der Waals surface area contributed by atoms with Gasteiger partial charge in [-0.05, 0) is 12.1 Å². The monoisotopic (exact) mass is 289 g/mol. The summed E-state index contributed by atoms with van der Waals surface area (Å²) in [5.74, 6) is -0.581. The third kappa shape index (κ3) is 4.08. The molecule has 0 aliphatic carbocycles. The van der Waals surface area contributed by atoms with Crippen LogP contribution >= 0.6 is 11.6 Å². The first-order valence-electron chi connectivity index (χ1n) is 5.82. The molecule has 0 saturated heterocycles. The molecule has 0 radical (unpaired) electrons. The van der Waals surface area contributed by atoms with E-state index in [9.17, 15) is 9.18 Å². The van der Waals surface area contributed by atoms with Crippen molar-refractivity contribution in [3.63, 3.8) is 0 Å². The summed E-state index contributed by atoms with van der Waals surface area (Å²) in [5, 5.41) is 0. The van der Waals surface area contributed by atoms with Gasteiger partial charge in [0.15, 0.2) is 0 Å². The fourth-order valence-corrected chi connectivity index (χ4v) is 1.86. The first kappa shape index (κ1) is 15.7. The molecule has 0 aliphatic rings. The van der Waals surface area contributed by atoms with Gasteiger partial charge in [0.25, 0.3) is 5.91 Å². The van der Waals surface area contributed by atoms with Crippen LogP contribution in [0, 0.1) is 5.82 Å². The Labute approximate surface area is 117 Å². The van der Waals surface area contributed by atoms with E-state index < -0.39 is 11.7 Å². The lowest BCUT2D eigenvalue weighted by molar-refractivity contribution is 0.0699. The summed E-state index contributed by atoms with van der Waals surface area (Å²) >= 11 is 5.66. The lowest BCUT2D eigenvalue weighted by Gasteiger charge is -2.22.